The third kappa shape index (κ3) is 27.5. The molecule has 4 aliphatic rings. The van der Waals surface area contributed by atoms with Crippen molar-refractivity contribution >= 4 is 123 Å². The zero-order chi connectivity index (χ0) is 83.7. The SMILES string of the molecule is C.C.CC(=O)OCC1=C(P(c2ccccc2)c2ccccc2)[CH-]CC=C1.CC(=O)OCC1CCCC1P(c1ccccc1)c1ccccc1.Cc1cccc(C)c1P(CC1=C(P(c2ccccc2)c2ccccc2)[CH-]CC=C1)c1c(C)cccc1C.Cc1cccc(C)c1P(CC1CCCC1P(c1ccccc1)c1ccccc1)c1c(C)cccc1C.[CH3-].[CH3-].[Fe+2].[Fe+2]. The Kier molecular flexibility index (Phi) is 44.3. The molecule has 4 nitrogen and oxygen atoms in total. The van der Waals surface area contributed by atoms with Gasteiger partial charge in [0, 0.05) is 19.8 Å². The van der Waals surface area contributed by atoms with Crippen LogP contribution in [0, 0.1) is 94.9 Å². The van der Waals surface area contributed by atoms with Crippen molar-refractivity contribution < 1.29 is 53.2 Å². The normalized spacial score (nSPS) is 15.4. The summed E-state index contributed by atoms with van der Waals surface area (Å²) < 4.78 is 10.6. The van der Waals surface area contributed by atoms with Gasteiger partial charge in [-0.2, -0.15) is 21.8 Å². The molecule has 0 aliphatic heterocycles. The standard InChI is InChI=1S/C35H35P2.C34H38P2.C21H20O2P.C20H23O2P.2CH4.2CH3.2Fe/c1-26-15-13-16-27(2)34(26)36(35-28(3)17-14-18-29(35)4)25-30-19-11-12-24-33(30)37(31-20-7-5-8-21-31)32-22-9-6-10-23-32;1-25-14-11-15-26(2)33(25)35(34-27(3)16-12-17-28(34)4)24-29-18-13-23-32(29)36(30-19-7-5-8-20-30)31-21-9-6-10-22-31;1-17(22)23-16-18-10-8-9-15-21(18)24(19-11-4-2-5-12-19)20-13-6-3-7-14-20;1-16(21)22-15-17-9-8-14-20(17)23(18-10-4-2-5-11-18)19-12-6-3-7-13-19;;;;;;/h5-11,13-24H,12,25H2,1-4H3;5-12,14-17,19-22,29,32H,13,18,23-24H2,1-4H3;2-8,10-15H,9,16H2,1H3;2-7,10-13,17,20H,8-9,14-15H2,1H3;2*1H4;2*1H3;;/q-1;;-1;;;;2*-1;2*+2. The Labute approximate surface area is 787 Å². The molecule has 4 unspecified atom stereocenters. The van der Waals surface area contributed by atoms with Crippen LogP contribution in [0.1, 0.15) is 125 Å². The van der Waals surface area contributed by atoms with E-state index in [-0.39, 0.29) is 83.7 Å². The van der Waals surface area contributed by atoms with E-state index in [4.69, 9.17) is 9.47 Å². The molecule has 0 radical (unpaired) electrons. The van der Waals surface area contributed by atoms with Gasteiger partial charge in [-0.25, -0.2) is 12.8 Å². The van der Waals surface area contributed by atoms with Crippen LogP contribution in [0.3, 0.4) is 0 Å². The molecule has 0 N–H and O–H groups in total. The summed E-state index contributed by atoms with van der Waals surface area (Å²) in [6.45, 7) is 22.4. The van der Waals surface area contributed by atoms with Gasteiger partial charge in [0.1, 0.15) is 0 Å². The van der Waals surface area contributed by atoms with Crippen molar-refractivity contribution in [3.8, 4) is 0 Å². The Hall–Kier alpha value is -8.10. The molecule has 0 saturated heterocycles. The first-order chi connectivity index (χ1) is 58.6. The Bertz CT molecular complexity index is 5100. The fourth-order valence-corrected chi connectivity index (χ4v) is 36.2. The Morgan fingerprint density at radius 2 is 0.587 bits per heavy atom. The van der Waals surface area contributed by atoms with Gasteiger partial charge in [0.15, 0.2) is 0 Å². The first-order valence-electron chi connectivity index (χ1n) is 42.7. The summed E-state index contributed by atoms with van der Waals surface area (Å²) >= 11 is 0. The first kappa shape index (κ1) is 105. The monoisotopic (exact) mass is 1860 g/mol. The Morgan fingerprint density at radius 1 is 0.325 bits per heavy atom. The van der Waals surface area contributed by atoms with Crippen molar-refractivity contribution in [2.24, 2.45) is 11.8 Å². The van der Waals surface area contributed by atoms with E-state index in [0.717, 1.165) is 42.6 Å². The summed E-state index contributed by atoms with van der Waals surface area (Å²) in [7, 11) is -3.06. The number of ether oxygens (including phenoxy) is 2. The predicted octanol–water partition coefficient (Wildman–Crippen LogP) is 25.7. The fourth-order valence-electron chi connectivity index (χ4n) is 17.9. The van der Waals surface area contributed by atoms with Crippen LogP contribution in [0.2, 0.25) is 0 Å². The molecule has 0 bridgehead atoms. The molecular weight excluding hydrogens is 1730 g/mol. The van der Waals surface area contributed by atoms with Gasteiger partial charge < -0.3 is 24.3 Å². The second-order valence-electron chi connectivity index (χ2n) is 31.9. The van der Waals surface area contributed by atoms with Crippen LogP contribution in [0.15, 0.2) is 362 Å². The van der Waals surface area contributed by atoms with Gasteiger partial charge in [-0.05, 0) is 252 Å². The fraction of sp³-hybridized carbons (Fsp3) is 0.246. The largest absolute Gasteiger partial charge is 2.00 e. The van der Waals surface area contributed by atoms with E-state index >= 15 is 0 Å². The molecule has 0 aromatic heterocycles. The number of hydrogen-bond acceptors (Lipinski definition) is 4. The Balaban J connectivity index is 0.000000231. The second kappa shape index (κ2) is 53.1. The summed E-state index contributed by atoms with van der Waals surface area (Å²) in [6, 6.07) is 115. The molecule has 656 valence electrons. The van der Waals surface area contributed by atoms with Crippen LogP contribution in [-0.4, -0.2) is 48.8 Å². The number of benzene rings is 12. The predicted molar refractivity (Wildman–Crippen MR) is 554 cm³/mol. The van der Waals surface area contributed by atoms with Crippen molar-refractivity contribution in [2.45, 2.75) is 147 Å². The molecule has 0 amide bonds. The van der Waals surface area contributed by atoms with Gasteiger partial charge in [0.25, 0.3) is 0 Å². The maximum Gasteiger partial charge on any atom is 2.00 e. The molecule has 4 atom stereocenters. The van der Waals surface area contributed by atoms with Crippen LogP contribution in [0.25, 0.3) is 0 Å². The van der Waals surface area contributed by atoms with Crippen molar-refractivity contribution in [3.05, 3.63) is 434 Å². The third-order valence-electron chi connectivity index (χ3n) is 23.3. The van der Waals surface area contributed by atoms with Crippen LogP contribution < -0.4 is 63.7 Å². The maximum atomic E-state index is 11.2. The Morgan fingerprint density at radius 3 is 0.889 bits per heavy atom. The van der Waals surface area contributed by atoms with E-state index < -0.39 is 39.6 Å². The smallest absolute Gasteiger partial charge is 0.480 e. The van der Waals surface area contributed by atoms with Crippen LogP contribution in [0.4, 0.5) is 0 Å². The van der Waals surface area contributed by atoms with E-state index in [1.165, 1.54) is 145 Å². The maximum absolute atomic E-state index is 11.2. The summed E-state index contributed by atoms with van der Waals surface area (Å²) in [5, 5.41) is 20.5. The molecule has 0 spiro atoms. The van der Waals surface area contributed by atoms with Crippen molar-refractivity contribution in [2.75, 3.05) is 25.5 Å². The van der Waals surface area contributed by atoms with Crippen molar-refractivity contribution in [3.63, 3.8) is 0 Å². The second-order valence-corrected chi connectivity index (χ2v) is 45.3. The van der Waals surface area contributed by atoms with E-state index in [9.17, 15) is 9.59 Å². The average Bonchev–Trinajstić information content (AvgIpc) is 1.37. The molecule has 12 heteroatoms. The summed E-state index contributed by atoms with van der Waals surface area (Å²) in [5.41, 5.74) is 15.4. The van der Waals surface area contributed by atoms with E-state index in [0.29, 0.717) is 24.8 Å². The molecule has 4 aliphatic carbocycles. The van der Waals surface area contributed by atoms with Crippen molar-refractivity contribution in [1.29, 1.82) is 0 Å². The molecular formula is C114H130Fe2O4P6. The number of hydrogen-bond donors (Lipinski definition) is 0. The molecule has 16 rings (SSSR count). The van der Waals surface area contributed by atoms with Crippen LogP contribution in [0.5, 0.6) is 0 Å². The minimum Gasteiger partial charge on any atom is -0.480 e. The van der Waals surface area contributed by atoms with E-state index in [2.05, 4.69) is 396 Å². The van der Waals surface area contributed by atoms with Gasteiger partial charge >= 0.3 is 46.1 Å². The van der Waals surface area contributed by atoms with Crippen LogP contribution in [-0.2, 0) is 53.2 Å². The van der Waals surface area contributed by atoms with Gasteiger partial charge in [-0.15, -0.1) is 24.3 Å². The molecule has 2 fully saturated rings. The van der Waals surface area contributed by atoms with Crippen molar-refractivity contribution in [1.82, 2.24) is 0 Å². The molecule has 0 heterocycles. The van der Waals surface area contributed by atoms with E-state index in [1.54, 1.807) is 31.8 Å². The number of carbonyl (C=O) groups excluding carboxylic acids is 2. The molecule has 12 aromatic carbocycles. The quantitative estimate of drug-likeness (QED) is 0.0262. The van der Waals surface area contributed by atoms with Gasteiger partial charge in [-0.1, -0.05) is 370 Å². The van der Waals surface area contributed by atoms with E-state index in [1.807, 2.05) is 12.1 Å². The number of carbonyl (C=O) groups is 2. The zero-order valence-electron chi connectivity index (χ0n) is 74.3. The minimum atomic E-state index is -0.658. The number of allylic oxidation sites excluding steroid dienone is 6. The summed E-state index contributed by atoms with van der Waals surface area (Å²) in [5.74, 6) is 0.815. The number of esters is 2. The number of rotatable bonds is 24. The minimum absolute atomic E-state index is 0. The van der Waals surface area contributed by atoms with Gasteiger partial charge in [0.05, 0.1) is 13.2 Å². The topological polar surface area (TPSA) is 52.6 Å². The third-order valence-corrected chi connectivity index (χ3v) is 41.0. The van der Waals surface area contributed by atoms with Gasteiger partial charge in [-0.3, -0.25) is 9.59 Å². The summed E-state index contributed by atoms with van der Waals surface area (Å²) in [4.78, 5) is 22.4. The zero-order valence-corrected chi connectivity index (χ0v) is 81.9. The molecule has 2 saturated carbocycles. The number of aryl methyl sites for hydroxylation is 8. The first-order valence-corrected chi connectivity index (χ1v) is 51.3. The molecule has 12 aromatic rings. The molecule has 126 heavy (non-hydrogen) atoms. The summed E-state index contributed by atoms with van der Waals surface area (Å²) in [6.07, 6.45) is 25.7. The average molecular weight is 1860 g/mol. The van der Waals surface area contributed by atoms with Crippen LogP contribution >= 0.6 is 47.5 Å². The van der Waals surface area contributed by atoms with Gasteiger partial charge in [0.2, 0.25) is 0 Å².